The molecule has 0 aromatic carbocycles. The Balaban J connectivity index is 2.81. The third-order valence-electron chi connectivity index (χ3n) is 3.92. The van der Waals surface area contributed by atoms with Crippen LogP contribution >= 0.6 is 0 Å². The molecule has 0 spiro atoms. The van der Waals surface area contributed by atoms with Crippen LogP contribution in [0.4, 0.5) is 0 Å². The van der Waals surface area contributed by atoms with Crippen LogP contribution in [0.1, 0.15) is 58.8 Å². The third-order valence-corrected chi connectivity index (χ3v) is 3.92. The van der Waals surface area contributed by atoms with Crippen LogP contribution in [0.5, 0.6) is 0 Å². The molecule has 2 heteroatoms. The Bertz CT molecular complexity index is 229. The van der Waals surface area contributed by atoms with Gasteiger partial charge in [0.1, 0.15) is 0 Å². The molecule has 1 aliphatic carbocycles. The van der Waals surface area contributed by atoms with Crippen molar-refractivity contribution in [1.29, 1.82) is 0 Å². The molecule has 0 amide bonds. The fourth-order valence-electron chi connectivity index (χ4n) is 3.11. The zero-order chi connectivity index (χ0) is 12.7. The van der Waals surface area contributed by atoms with E-state index in [2.05, 4.69) is 32.8 Å². The van der Waals surface area contributed by atoms with Crippen molar-refractivity contribution in [2.75, 3.05) is 13.7 Å². The van der Waals surface area contributed by atoms with Crippen LogP contribution in [0.15, 0.2) is 12.2 Å². The molecule has 1 saturated carbocycles. The molecule has 1 rings (SSSR count). The summed E-state index contributed by atoms with van der Waals surface area (Å²) in [6.45, 7) is 9.09. The van der Waals surface area contributed by atoms with Gasteiger partial charge in [0.25, 0.3) is 0 Å². The highest BCUT2D eigenvalue weighted by atomic mass is 16.5. The standard InChI is InChI=1S/C15H29NO/c1-5-17-15(10-8-6-7-9-11-15)14(16-4)12-13(2)3/h14,16H,2,5-12H2,1,3-4H3. The van der Waals surface area contributed by atoms with Gasteiger partial charge in [0.05, 0.1) is 5.60 Å². The summed E-state index contributed by atoms with van der Waals surface area (Å²) in [7, 11) is 2.05. The molecule has 0 aromatic heterocycles. The Kier molecular flexibility index (Phi) is 6.21. The maximum Gasteiger partial charge on any atom is 0.0837 e. The third kappa shape index (κ3) is 4.11. The molecule has 100 valence electrons. The van der Waals surface area contributed by atoms with Gasteiger partial charge in [-0.15, -0.1) is 6.58 Å². The van der Waals surface area contributed by atoms with E-state index in [0.717, 1.165) is 13.0 Å². The molecular weight excluding hydrogens is 210 g/mol. The molecule has 2 nitrogen and oxygen atoms in total. The summed E-state index contributed by atoms with van der Waals surface area (Å²) < 4.78 is 6.20. The van der Waals surface area contributed by atoms with Gasteiger partial charge in [0.2, 0.25) is 0 Å². The van der Waals surface area contributed by atoms with Crippen LogP contribution in [0, 0.1) is 0 Å². The second-order valence-electron chi connectivity index (χ2n) is 5.41. The Morgan fingerprint density at radius 2 is 1.88 bits per heavy atom. The van der Waals surface area contributed by atoms with Crippen molar-refractivity contribution in [1.82, 2.24) is 5.32 Å². The summed E-state index contributed by atoms with van der Waals surface area (Å²) in [5.41, 5.74) is 1.28. The number of hydrogen-bond donors (Lipinski definition) is 1. The lowest BCUT2D eigenvalue weighted by Gasteiger charge is -2.40. The van der Waals surface area contributed by atoms with Crippen LogP contribution in [-0.2, 0) is 4.74 Å². The van der Waals surface area contributed by atoms with Gasteiger partial charge in [-0.05, 0) is 40.2 Å². The molecule has 1 atom stereocenters. The average Bonchev–Trinajstić information content (AvgIpc) is 2.52. The first-order chi connectivity index (χ1) is 8.14. The molecule has 1 N–H and O–H groups in total. The van der Waals surface area contributed by atoms with Crippen LogP contribution in [0.3, 0.4) is 0 Å². The van der Waals surface area contributed by atoms with E-state index in [1.165, 1.54) is 44.1 Å². The van der Waals surface area contributed by atoms with Crippen molar-refractivity contribution in [2.24, 2.45) is 0 Å². The average molecular weight is 239 g/mol. The molecule has 17 heavy (non-hydrogen) atoms. The van der Waals surface area contributed by atoms with Crippen molar-refractivity contribution in [3.8, 4) is 0 Å². The van der Waals surface area contributed by atoms with Gasteiger partial charge in [-0.3, -0.25) is 0 Å². The van der Waals surface area contributed by atoms with E-state index in [0.29, 0.717) is 6.04 Å². The maximum atomic E-state index is 6.20. The van der Waals surface area contributed by atoms with Gasteiger partial charge in [-0.1, -0.05) is 31.3 Å². The van der Waals surface area contributed by atoms with Crippen LogP contribution in [-0.4, -0.2) is 25.3 Å². The van der Waals surface area contributed by atoms with E-state index in [9.17, 15) is 0 Å². The van der Waals surface area contributed by atoms with E-state index in [-0.39, 0.29) is 5.60 Å². The fourth-order valence-corrected chi connectivity index (χ4v) is 3.11. The smallest absolute Gasteiger partial charge is 0.0837 e. The molecular formula is C15H29NO. The van der Waals surface area contributed by atoms with E-state index in [1.54, 1.807) is 0 Å². The Hall–Kier alpha value is -0.340. The van der Waals surface area contributed by atoms with Crippen molar-refractivity contribution in [2.45, 2.75) is 70.4 Å². The summed E-state index contributed by atoms with van der Waals surface area (Å²) in [5, 5.41) is 3.47. The largest absolute Gasteiger partial charge is 0.374 e. The van der Waals surface area contributed by atoms with Crippen molar-refractivity contribution in [3.63, 3.8) is 0 Å². The zero-order valence-electron chi connectivity index (χ0n) is 11.8. The number of rotatable bonds is 6. The first-order valence-corrected chi connectivity index (χ1v) is 7.10. The summed E-state index contributed by atoms with van der Waals surface area (Å²) >= 11 is 0. The second-order valence-corrected chi connectivity index (χ2v) is 5.41. The highest BCUT2D eigenvalue weighted by Gasteiger charge is 2.38. The number of ether oxygens (including phenoxy) is 1. The first kappa shape index (κ1) is 14.7. The molecule has 0 bridgehead atoms. The molecule has 0 aromatic rings. The summed E-state index contributed by atoms with van der Waals surface area (Å²) in [6, 6.07) is 0.415. The predicted octanol–water partition coefficient (Wildman–Crippen LogP) is 3.67. The molecule has 1 fully saturated rings. The second kappa shape index (κ2) is 7.17. The van der Waals surface area contributed by atoms with Gasteiger partial charge >= 0.3 is 0 Å². The molecule has 1 aliphatic rings. The maximum absolute atomic E-state index is 6.20. The van der Waals surface area contributed by atoms with Gasteiger partial charge in [-0.2, -0.15) is 0 Å². The van der Waals surface area contributed by atoms with Crippen molar-refractivity contribution in [3.05, 3.63) is 12.2 Å². The van der Waals surface area contributed by atoms with E-state index in [1.807, 2.05) is 0 Å². The Morgan fingerprint density at radius 1 is 1.29 bits per heavy atom. The van der Waals surface area contributed by atoms with Gasteiger partial charge < -0.3 is 10.1 Å². The zero-order valence-corrected chi connectivity index (χ0v) is 11.8. The Morgan fingerprint density at radius 3 is 2.29 bits per heavy atom. The highest BCUT2D eigenvalue weighted by molar-refractivity contribution is 5.02. The summed E-state index contributed by atoms with van der Waals surface area (Å²) in [6.07, 6.45) is 8.73. The van der Waals surface area contributed by atoms with Gasteiger partial charge in [0.15, 0.2) is 0 Å². The SMILES string of the molecule is C=C(C)CC(NC)C1(OCC)CCCCCC1. The minimum atomic E-state index is 0.0406. The topological polar surface area (TPSA) is 21.3 Å². The lowest BCUT2D eigenvalue weighted by atomic mass is 9.83. The van der Waals surface area contributed by atoms with E-state index < -0.39 is 0 Å². The molecule has 0 saturated heterocycles. The first-order valence-electron chi connectivity index (χ1n) is 7.10. The van der Waals surface area contributed by atoms with Gasteiger partial charge in [-0.25, -0.2) is 0 Å². The Labute approximate surface area is 107 Å². The normalized spacial score (nSPS) is 21.8. The van der Waals surface area contributed by atoms with Crippen molar-refractivity contribution < 1.29 is 4.74 Å². The molecule has 1 unspecified atom stereocenters. The molecule has 0 aliphatic heterocycles. The lowest BCUT2D eigenvalue weighted by Crippen LogP contribution is -2.51. The number of likely N-dealkylation sites (N-methyl/N-ethyl adjacent to an activating group) is 1. The number of hydrogen-bond acceptors (Lipinski definition) is 2. The summed E-state index contributed by atoms with van der Waals surface area (Å²) in [4.78, 5) is 0. The quantitative estimate of drug-likeness (QED) is 0.564. The van der Waals surface area contributed by atoms with Crippen molar-refractivity contribution >= 4 is 0 Å². The minimum absolute atomic E-state index is 0.0406. The monoisotopic (exact) mass is 239 g/mol. The molecule has 0 heterocycles. The van der Waals surface area contributed by atoms with Crippen LogP contribution in [0.2, 0.25) is 0 Å². The lowest BCUT2D eigenvalue weighted by molar-refractivity contribution is -0.0752. The van der Waals surface area contributed by atoms with E-state index >= 15 is 0 Å². The number of nitrogens with one attached hydrogen (secondary N) is 1. The van der Waals surface area contributed by atoms with Gasteiger partial charge in [0, 0.05) is 12.6 Å². The summed E-state index contributed by atoms with van der Waals surface area (Å²) in [5.74, 6) is 0. The predicted molar refractivity (Wildman–Crippen MR) is 74.3 cm³/mol. The highest BCUT2D eigenvalue weighted by Crippen LogP contribution is 2.35. The van der Waals surface area contributed by atoms with E-state index in [4.69, 9.17) is 4.74 Å². The van der Waals surface area contributed by atoms with Crippen LogP contribution < -0.4 is 5.32 Å². The minimum Gasteiger partial charge on any atom is -0.374 e. The van der Waals surface area contributed by atoms with Crippen LogP contribution in [0.25, 0.3) is 0 Å². The fraction of sp³-hybridized carbons (Fsp3) is 0.867. The molecule has 0 radical (unpaired) electrons.